The van der Waals surface area contributed by atoms with Crippen molar-refractivity contribution in [2.45, 2.75) is 4.90 Å². The van der Waals surface area contributed by atoms with Gasteiger partial charge in [-0.25, -0.2) is 17.2 Å². The third-order valence-corrected chi connectivity index (χ3v) is 4.65. The number of nitrogens with zero attached hydrogens (tertiary/aromatic N) is 1. The molecule has 21 heavy (non-hydrogen) atoms. The summed E-state index contributed by atoms with van der Waals surface area (Å²) in [6.45, 7) is 3.39. The summed E-state index contributed by atoms with van der Waals surface area (Å²) in [4.78, 5) is -0.962. The lowest BCUT2D eigenvalue weighted by atomic mass is 10.3. The topological polar surface area (TPSA) is 37.4 Å². The summed E-state index contributed by atoms with van der Waals surface area (Å²) in [5, 5.41) is 0. The van der Waals surface area contributed by atoms with Gasteiger partial charge in [0, 0.05) is 0 Å². The molecule has 2 aromatic rings. The van der Waals surface area contributed by atoms with Crippen molar-refractivity contribution >= 4 is 15.7 Å². The number of hydrogen-bond donors (Lipinski definition) is 0. The van der Waals surface area contributed by atoms with Crippen LogP contribution in [0.2, 0.25) is 0 Å². The Labute approximate surface area is 122 Å². The zero-order chi connectivity index (χ0) is 15.5. The van der Waals surface area contributed by atoms with Crippen molar-refractivity contribution in [3.63, 3.8) is 0 Å². The SMILES string of the molecule is C=CCN(c1ccccc1)S(=O)(=O)c1c(F)cccc1F. The monoisotopic (exact) mass is 309 g/mol. The number of hydrogen-bond acceptors (Lipinski definition) is 2. The molecule has 0 spiro atoms. The Hall–Kier alpha value is -2.21. The van der Waals surface area contributed by atoms with E-state index in [2.05, 4.69) is 6.58 Å². The number of rotatable bonds is 5. The van der Waals surface area contributed by atoms with Gasteiger partial charge < -0.3 is 0 Å². The van der Waals surface area contributed by atoms with Gasteiger partial charge in [-0.3, -0.25) is 4.31 Å². The molecule has 0 saturated heterocycles. The fourth-order valence-corrected chi connectivity index (χ4v) is 3.44. The summed E-state index contributed by atoms with van der Waals surface area (Å²) in [6.07, 6.45) is 1.35. The second-order valence-electron chi connectivity index (χ2n) is 4.21. The molecule has 0 aliphatic rings. The molecule has 2 aromatic carbocycles. The van der Waals surface area contributed by atoms with Crippen LogP contribution in [0.4, 0.5) is 14.5 Å². The molecule has 0 bridgehead atoms. The van der Waals surface area contributed by atoms with Gasteiger partial charge in [0.25, 0.3) is 10.0 Å². The highest BCUT2D eigenvalue weighted by Gasteiger charge is 2.30. The fraction of sp³-hybridized carbons (Fsp3) is 0.0667. The fourth-order valence-electron chi connectivity index (χ4n) is 1.89. The second-order valence-corrected chi connectivity index (χ2v) is 6.01. The lowest BCUT2D eigenvalue weighted by Crippen LogP contribution is -2.32. The number of benzene rings is 2. The standard InChI is InChI=1S/C15H13F2NO2S/c1-2-11-18(12-7-4-3-5-8-12)21(19,20)15-13(16)9-6-10-14(15)17/h2-10H,1,11H2. The maximum Gasteiger partial charge on any atom is 0.270 e. The Morgan fingerprint density at radius 2 is 1.57 bits per heavy atom. The van der Waals surface area contributed by atoms with E-state index in [1.54, 1.807) is 30.3 Å². The Kier molecular flexibility index (Phi) is 4.37. The lowest BCUT2D eigenvalue weighted by molar-refractivity contribution is 0.518. The van der Waals surface area contributed by atoms with Crippen LogP contribution < -0.4 is 4.31 Å². The van der Waals surface area contributed by atoms with Gasteiger partial charge in [-0.1, -0.05) is 30.3 Å². The van der Waals surface area contributed by atoms with Crippen LogP contribution >= 0.6 is 0 Å². The number of anilines is 1. The number of sulfonamides is 1. The van der Waals surface area contributed by atoms with Crippen molar-refractivity contribution in [1.82, 2.24) is 0 Å². The first-order chi connectivity index (χ1) is 9.98. The van der Waals surface area contributed by atoms with E-state index >= 15 is 0 Å². The van der Waals surface area contributed by atoms with Crippen molar-refractivity contribution in [2.24, 2.45) is 0 Å². The van der Waals surface area contributed by atoms with Gasteiger partial charge in [0.05, 0.1) is 12.2 Å². The van der Waals surface area contributed by atoms with Crippen LogP contribution in [0.25, 0.3) is 0 Å². The Morgan fingerprint density at radius 3 is 2.10 bits per heavy atom. The second kappa shape index (κ2) is 6.05. The van der Waals surface area contributed by atoms with E-state index in [0.29, 0.717) is 5.69 Å². The molecule has 0 radical (unpaired) electrons. The largest absolute Gasteiger partial charge is 0.270 e. The molecule has 0 saturated carbocycles. The quantitative estimate of drug-likeness (QED) is 0.794. The van der Waals surface area contributed by atoms with Gasteiger partial charge >= 0.3 is 0 Å². The predicted molar refractivity (Wildman–Crippen MR) is 77.5 cm³/mol. The van der Waals surface area contributed by atoms with Crippen LogP contribution in [-0.4, -0.2) is 15.0 Å². The highest BCUT2D eigenvalue weighted by molar-refractivity contribution is 7.92. The molecule has 0 heterocycles. The summed E-state index contributed by atoms with van der Waals surface area (Å²) in [6, 6.07) is 11.0. The number of para-hydroxylation sites is 1. The smallest absolute Gasteiger partial charge is 0.262 e. The third-order valence-electron chi connectivity index (χ3n) is 2.81. The molecule has 0 aliphatic heterocycles. The molecule has 6 heteroatoms. The molecule has 3 nitrogen and oxygen atoms in total. The van der Waals surface area contributed by atoms with Crippen LogP contribution in [-0.2, 0) is 10.0 Å². The Bertz CT molecular complexity index is 725. The van der Waals surface area contributed by atoms with Gasteiger partial charge in [-0.15, -0.1) is 6.58 Å². The van der Waals surface area contributed by atoms with Gasteiger partial charge in [0.15, 0.2) is 4.90 Å². The molecular formula is C15H13F2NO2S. The molecule has 0 unspecified atom stereocenters. The molecule has 0 atom stereocenters. The van der Waals surface area contributed by atoms with Crippen molar-refractivity contribution in [3.05, 3.63) is 72.8 Å². The molecule has 0 amide bonds. The molecule has 0 N–H and O–H groups in total. The first kappa shape index (κ1) is 15.2. The van der Waals surface area contributed by atoms with Crippen LogP contribution in [0.5, 0.6) is 0 Å². The summed E-state index contributed by atoms with van der Waals surface area (Å²) in [5.74, 6) is -2.25. The van der Waals surface area contributed by atoms with Crippen LogP contribution in [0.15, 0.2) is 66.1 Å². The Morgan fingerprint density at radius 1 is 1.00 bits per heavy atom. The van der Waals surface area contributed by atoms with Gasteiger partial charge in [-0.05, 0) is 24.3 Å². The average molecular weight is 309 g/mol. The summed E-state index contributed by atoms with van der Waals surface area (Å²) in [7, 11) is -4.37. The molecule has 0 fully saturated rings. The minimum Gasteiger partial charge on any atom is -0.262 e. The molecule has 0 aromatic heterocycles. The van der Waals surface area contributed by atoms with E-state index < -0.39 is 26.6 Å². The third kappa shape index (κ3) is 2.95. The molecule has 2 rings (SSSR count). The molecular weight excluding hydrogens is 296 g/mol. The normalized spacial score (nSPS) is 11.1. The highest BCUT2D eigenvalue weighted by atomic mass is 32.2. The summed E-state index contributed by atoms with van der Waals surface area (Å²) in [5.41, 5.74) is 0.306. The maximum atomic E-state index is 13.8. The van der Waals surface area contributed by atoms with E-state index in [1.165, 1.54) is 6.08 Å². The molecule has 0 aliphatic carbocycles. The van der Waals surface area contributed by atoms with Crippen molar-refractivity contribution in [1.29, 1.82) is 0 Å². The van der Waals surface area contributed by atoms with Crippen molar-refractivity contribution in [2.75, 3.05) is 10.8 Å². The van der Waals surface area contributed by atoms with E-state index in [4.69, 9.17) is 0 Å². The van der Waals surface area contributed by atoms with E-state index in [9.17, 15) is 17.2 Å². The van der Waals surface area contributed by atoms with E-state index in [1.807, 2.05) is 0 Å². The minimum atomic E-state index is -4.37. The van der Waals surface area contributed by atoms with E-state index in [0.717, 1.165) is 22.5 Å². The zero-order valence-electron chi connectivity index (χ0n) is 11.0. The maximum absolute atomic E-state index is 13.8. The van der Waals surface area contributed by atoms with Crippen LogP contribution in [0, 0.1) is 11.6 Å². The van der Waals surface area contributed by atoms with Gasteiger partial charge in [0.2, 0.25) is 0 Å². The van der Waals surface area contributed by atoms with Crippen molar-refractivity contribution < 1.29 is 17.2 Å². The van der Waals surface area contributed by atoms with E-state index in [-0.39, 0.29) is 6.54 Å². The Balaban J connectivity index is 2.61. The first-order valence-corrected chi connectivity index (χ1v) is 7.55. The van der Waals surface area contributed by atoms with Crippen molar-refractivity contribution in [3.8, 4) is 0 Å². The molecule has 110 valence electrons. The summed E-state index contributed by atoms with van der Waals surface area (Å²) >= 11 is 0. The highest BCUT2D eigenvalue weighted by Crippen LogP contribution is 2.27. The predicted octanol–water partition coefficient (Wildman–Crippen LogP) is 3.35. The number of halogens is 2. The van der Waals surface area contributed by atoms with Gasteiger partial charge in [-0.2, -0.15) is 0 Å². The lowest BCUT2D eigenvalue weighted by Gasteiger charge is -2.23. The van der Waals surface area contributed by atoms with Crippen LogP contribution in [0.3, 0.4) is 0 Å². The summed E-state index contributed by atoms with van der Waals surface area (Å²) < 4.78 is 53.6. The van der Waals surface area contributed by atoms with Crippen LogP contribution in [0.1, 0.15) is 0 Å². The minimum absolute atomic E-state index is 0.0971. The average Bonchev–Trinajstić information content (AvgIpc) is 2.45. The zero-order valence-corrected chi connectivity index (χ0v) is 11.9. The van der Waals surface area contributed by atoms with Gasteiger partial charge in [0.1, 0.15) is 11.6 Å². The first-order valence-electron chi connectivity index (χ1n) is 6.11.